The van der Waals surface area contributed by atoms with Gasteiger partial charge in [-0.25, -0.2) is 8.78 Å². The Hall–Kier alpha value is -1.24. The minimum absolute atomic E-state index is 0.00240. The maximum atomic E-state index is 11.7. The number of amides is 1. The van der Waals surface area contributed by atoms with Crippen LogP contribution in [0.3, 0.4) is 0 Å². The third-order valence-electron chi connectivity index (χ3n) is 2.31. The molecular weight excluding hydrogens is 224 g/mol. The van der Waals surface area contributed by atoms with Crippen LogP contribution in [0.2, 0.25) is 0 Å². The third-order valence-corrected chi connectivity index (χ3v) is 2.31. The summed E-state index contributed by atoms with van der Waals surface area (Å²) in [5.74, 6) is -1.97. The summed E-state index contributed by atoms with van der Waals surface area (Å²) in [6.07, 6.45) is -2.55. The lowest BCUT2D eigenvalue weighted by Crippen LogP contribution is -2.30. The molecule has 1 aliphatic rings. The van der Waals surface area contributed by atoms with E-state index in [1.54, 1.807) is 0 Å². The van der Waals surface area contributed by atoms with Crippen molar-refractivity contribution >= 4 is 11.9 Å². The Morgan fingerprint density at radius 2 is 2.31 bits per heavy atom. The fraction of sp³-hybridized carbons (Fsp3) is 0.778. The van der Waals surface area contributed by atoms with Crippen LogP contribution >= 0.6 is 0 Å². The van der Waals surface area contributed by atoms with Crippen molar-refractivity contribution in [2.24, 2.45) is 5.92 Å². The highest BCUT2D eigenvalue weighted by atomic mass is 19.3. The van der Waals surface area contributed by atoms with E-state index in [1.807, 2.05) is 0 Å². The highest BCUT2D eigenvalue weighted by Crippen LogP contribution is 2.17. The van der Waals surface area contributed by atoms with Crippen LogP contribution in [0, 0.1) is 5.92 Å². The predicted octanol–water partition coefficient (Wildman–Crippen LogP) is 0.201. The van der Waals surface area contributed by atoms with Crippen molar-refractivity contribution in [2.45, 2.75) is 12.8 Å². The average molecular weight is 237 g/mol. The molecule has 1 heterocycles. The van der Waals surface area contributed by atoms with Crippen molar-refractivity contribution in [3.05, 3.63) is 0 Å². The van der Waals surface area contributed by atoms with Crippen molar-refractivity contribution in [1.82, 2.24) is 4.90 Å². The summed E-state index contributed by atoms with van der Waals surface area (Å²) in [7, 11) is 0. The minimum Gasteiger partial charge on any atom is -0.481 e. The summed E-state index contributed by atoms with van der Waals surface area (Å²) in [5, 5.41) is 8.68. The Labute approximate surface area is 91.0 Å². The summed E-state index contributed by atoms with van der Waals surface area (Å²) in [5.41, 5.74) is 0. The average Bonchev–Trinajstić information content (AvgIpc) is 2.55. The fourth-order valence-corrected chi connectivity index (χ4v) is 1.50. The van der Waals surface area contributed by atoms with Gasteiger partial charge in [0.1, 0.15) is 6.61 Å². The first-order valence-electron chi connectivity index (χ1n) is 4.87. The van der Waals surface area contributed by atoms with Crippen LogP contribution in [0.15, 0.2) is 0 Å². The van der Waals surface area contributed by atoms with Gasteiger partial charge in [-0.05, 0) is 0 Å². The number of nitrogens with zero attached hydrogens (tertiary/aromatic N) is 1. The number of likely N-dealkylation sites (tertiary alicyclic amines) is 1. The Morgan fingerprint density at radius 1 is 1.62 bits per heavy atom. The van der Waals surface area contributed by atoms with Gasteiger partial charge in [-0.1, -0.05) is 0 Å². The van der Waals surface area contributed by atoms with E-state index < -0.39 is 24.9 Å². The molecule has 0 spiro atoms. The molecule has 16 heavy (non-hydrogen) atoms. The van der Waals surface area contributed by atoms with Gasteiger partial charge in [0.25, 0.3) is 6.43 Å². The van der Waals surface area contributed by atoms with Gasteiger partial charge in [0.15, 0.2) is 0 Å². The smallest absolute Gasteiger partial charge is 0.308 e. The SMILES string of the molecule is O=C(O)C1CC(=O)N(CCOCC(F)F)C1. The van der Waals surface area contributed by atoms with Crippen molar-refractivity contribution < 1.29 is 28.2 Å². The number of carboxylic acid groups (broad SMARTS) is 1. The lowest BCUT2D eigenvalue weighted by atomic mass is 10.1. The minimum atomic E-state index is -2.53. The summed E-state index contributed by atoms with van der Waals surface area (Å²) >= 11 is 0. The summed E-state index contributed by atoms with van der Waals surface area (Å²) in [6, 6.07) is 0. The van der Waals surface area contributed by atoms with Gasteiger partial charge in [-0.3, -0.25) is 9.59 Å². The molecule has 1 amide bonds. The van der Waals surface area contributed by atoms with Crippen LogP contribution in [-0.4, -0.2) is 54.6 Å². The van der Waals surface area contributed by atoms with Crippen LogP contribution < -0.4 is 0 Å². The van der Waals surface area contributed by atoms with Gasteiger partial charge >= 0.3 is 5.97 Å². The molecule has 1 saturated heterocycles. The number of rotatable bonds is 6. The zero-order valence-electron chi connectivity index (χ0n) is 8.57. The van der Waals surface area contributed by atoms with Gasteiger partial charge in [0.05, 0.1) is 12.5 Å². The first-order chi connectivity index (χ1) is 7.50. The van der Waals surface area contributed by atoms with Crippen molar-refractivity contribution in [2.75, 3.05) is 26.3 Å². The second kappa shape index (κ2) is 5.74. The van der Waals surface area contributed by atoms with E-state index in [1.165, 1.54) is 4.90 Å². The third kappa shape index (κ3) is 3.73. The quantitative estimate of drug-likeness (QED) is 0.670. The van der Waals surface area contributed by atoms with Gasteiger partial charge in [-0.15, -0.1) is 0 Å². The topological polar surface area (TPSA) is 66.8 Å². The molecular formula is C9H13F2NO4. The van der Waals surface area contributed by atoms with Crippen molar-refractivity contribution in [3.8, 4) is 0 Å². The Morgan fingerprint density at radius 3 is 2.81 bits per heavy atom. The van der Waals surface area contributed by atoms with E-state index in [4.69, 9.17) is 5.11 Å². The van der Waals surface area contributed by atoms with Crippen LogP contribution in [0.1, 0.15) is 6.42 Å². The van der Waals surface area contributed by atoms with E-state index in [9.17, 15) is 18.4 Å². The van der Waals surface area contributed by atoms with Gasteiger partial charge < -0.3 is 14.7 Å². The summed E-state index contributed by atoms with van der Waals surface area (Å²) in [4.78, 5) is 23.2. The lowest BCUT2D eigenvalue weighted by Gasteiger charge is -2.15. The van der Waals surface area contributed by atoms with E-state index in [0.717, 1.165) is 0 Å². The Bertz CT molecular complexity index is 272. The van der Waals surface area contributed by atoms with Crippen LogP contribution in [0.25, 0.3) is 0 Å². The van der Waals surface area contributed by atoms with Crippen LogP contribution in [0.5, 0.6) is 0 Å². The molecule has 1 aliphatic heterocycles. The number of hydrogen-bond donors (Lipinski definition) is 1. The number of carbonyl (C=O) groups excluding carboxylic acids is 1. The van der Waals surface area contributed by atoms with E-state index in [0.29, 0.717) is 0 Å². The highest BCUT2D eigenvalue weighted by Gasteiger charge is 2.33. The summed E-state index contributed by atoms with van der Waals surface area (Å²) in [6.45, 7) is -0.367. The van der Waals surface area contributed by atoms with Gasteiger partial charge in [0, 0.05) is 19.5 Å². The Kier molecular flexibility index (Phi) is 4.60. The molecule has 0 radical (unpaired) electrons. The van der Waals surface area contributed by atoms with Crippen LogP contribution in [0.4, 0.5) is 8.78 Å². The van der Waals surface area contributed by atoms with Crippen molar-refractivity contribution in [1.29, 1.82) is 0 Å². The number of ether oxygens (including phenoxy) is 1. The molecule has 1 N–H and O–H groups in total. The highest BCUT2D eigenvalue weighted by molar-refractivity contribution is 5.86. The van der Waals surface area contributed by atoms with E-state index in [-0.39, 0.29) is 32.0 Å². The lowest BCUT2D eigenvalue weighted by molar-refractivity contribution is -0.141. The monoisotopic (exact) mass is 237 g/mol. The predicted molar refractivity (Wildman–Crippen MR) is 49.1 cm³/mol. The molecule has 5 nitrogen and oxygen atoms in total. The van der Waals surface area contributed by atoms with E-state index >= 15 is 0 Å². The summed E-state index contributed by atoms with van der Waals surface area (Å²) < 4.78 is 28.0. The van der Waals surface area contributed by atoms with E-state index in [2.05, 4.69) is 4.74 Å². The number of carboxylic acids is 1. The molecule has 0 bridgehead atoms. The zero-order valence-corrected chi connectivity index (χ0v) is 8.57. The number of aliphatic carboxylic acids is 1. The fourth-order valence-electron chi connectivity index (χ4n) is 1.50. The first-order valence-corrected chi connectivity index (χ1v) is 4.87. The maximum Gasteiger partial charge on any atom is 0.308 e. The molecule has 0 aliphatic carbocycles. The van der Waals surface area contributed by atoms with Gasteiger partial charge in [-0.2, -0.15) is 0 Å². The van der Waals surface area contributed by atoms with Gasteiger partial charge in [0.2, 0.25) is 5.91 Å². The molecule has 0 saturated carbocycles. The molecule has 0 aromatic rings. The molecule has 1 rings (SSSR count). The second-order valence-electron chi connectivity index (χ2n) is 3.55. The Balaban J connectivity index is 2.23. The second-order valence-corrected chi connectivity index (χ2v) is 3.55. The first kappa shape index (κ1) is 12.8. The number of hydrogen-bond acceptors (Lipinski definition) is 3. The standard InChI is InChI=1S/C9H13F2NO4/c10-7(11)5-16-2-1-12-4-6(9(14)15)3-8(12)13/h6-7H,1-5H2,(H,14,15). The normalized spacial score (nSPS) is 20.8. The molecule has 1 atom stereocenters. The largest absolute Gasteiger partial charge is 0.481 e. The number of halogens is 2. The zero-order chi connectivity index (χ0) is 12.1. The molecule has 7 heteroatoms. The molecule has 0 aromatic heterocycles. The number of alkyl halides is 2. The van der Waals surface area contributed by atoms with Crippen molar-refractivity contribution in [3.63, 3.8) is 0 Å². The molecule has 1 unspecified atom stereocenters. The molecule has 0 aromatic carbocycles. The van der Waals surface area contributed by atoms with Crippen LogP contribution in [-0.2, 0) is 14.3 Å². The number of carbonyl (C=O) groups is 2. The molecule has 1 fully saturated rings. The molecule has 92 valence electrons. The maximum absolute atomic E-state index is 11.7.